The minimum atomic E-state index is -0.190. The van der Waals surface area contributed by atoms with E-state index in [-0.39, 0.29) is 11.4 Å². The van der Waals surface area contributed by atoms with Crippen LogP contribution in [0.5, 0.6) is 0 Å². The number of esters is 1. The van der Waals surface area contributed by atoms with E-state index in [0.29, 0.717) is 31.0 Å². The van der Waals surface area contributed by atoms with Crippen molar-refractivity contribution in [3.05, 3.63) is 0 Å². The van der Waals surface area contributed by atoms with Gasteiger partial charge in [-0.2, -0.15) is 0 Å². The topological polar surface area (TPSA) is 43.4 Å². The fraction of sp³-hybridized carbons (Fsp3) is 0.800. The van der Waals surface area contributed by atoms with Gasteiger partial charge in [-0.05, 0) is 11.3 Å². The van der Waals surface area contributed by atoms with Crippen LogP contribution in [-0.2, 0) is 14.3 Å². The second kappa shape index (κ2) is 3.48. The summed E-state index contributed by atoms with van der Waals surface area (Å²) in [7, 11) is 1.39. The van der Waals surface area contributed by atoms with Crippen molar-refractivity contribution < 1.29 is 14.3 Å². The summed E-state index contributed by atoms with van der Waals surface area (Å²) in [5.41, 5.74) is -0.0962. The van der Waals surface area contributed by atoms with Crippen molar-refractivity contribution in [2.45, 2.75) is 33.1 Å². The fourth-order valence-electron chi connectivity index (χ4n) is 1.63. The molecule has 0 heterocycles. The molecule has 0 N–H and O–H groups in total. The molecule has 0 spiro atoms. The summed E-state index contributed by atoms with van der Waals surface area (Å²) in [4.78, 5) is 21.8. The van der Waals surface area contributed by atoms with Crippen LogP contribution in [0.2, 0.25) is 0 Å². The number of hydrogen-bond donors (Lipinski definition) is 0. The molecule has 74 valence electrons. The molecular formula is C10H16O3. The molecule has 0 saturated heterocycles. The summed E-state index contributed by atoms with van der Waals surface area (Å²) in [6, 6.07) is 0. The van der Waals surface area contributed by atoms with Gasteiger partial charge in [-0.1, -0.05) is 13.8 Å². The van der Waals surface area contributed by atoms with Crippen LogP contribution in [0.25, 0.3) is 0 Å². The van der Waals surface area contributed by atoms with Crippen LogP contribution in [0.3, 0.4) is 0 Å². The molecule has 1 aliphatic rings. The highest BCUT2D eigenvalue weighted by Crippen LogP contribution is 2.41. The Morgan fingerprint density at radius 3 is 2.46 bits per heavy atom. The summed E-state index contributed by atoms with van der Waals surface area (Å²) in [6.45, 7) is 4.03. The third kappa shape index (κ3) is 2.29. The zero-order valence-electron chi connectivity index (χ0n) is 8.42. The molecule has 0 radical (unpaired) electrons. The van der Waals surface area contributed by atoms with Crippen molar-refractivity contribution in [2.24, 2.45) is 11.3 Å². The number of rotatable bonds is 3. The third-order valence-electron chi connectivity index (χ3n) is 2.88. The van der Waals surface area contributed by atoms with E-state index >= 15 is 0 Å². The average Bonchev–Trinajstić information content (AvgIpc) is 1.97. The van der Waals surface area contributed by atoms with Crippen LogP contribution in [0.1, 0.15) is 33.1 Å². The van der Waals surface area contributed by atoms with E-state index < -0.39 is 0 Å². The molecule has 0 aromatic rings. The largest absolute Gasteiger partial charge is 0.469 e. The second-order valence-corrected chi connectivity index (χ2v) is 4.39. The third-order valence-corrected chi connectivity index (χ3v) is 2.88. The van der Waals surface area contributed by atoms with Crippen LogP contribution in [0.4, 0.5) is 0 Å². The van der Waals surface area contributed by atoms with E-state index in [1.54, 1.807) is 0 Å². The quantitative estimate of drug-likeness (QED) is 0.625. The molecule has 1 fully saturated rings. The SMILES string of the molecule is COC(=O)CC(C)(C)C1CC(=O)C1. The molecule has 0 aliphatic heterocycles. The Kier molecular flexibility index (Phi) is 2.74. The maximum absolute atomic E-state index is 11.0. The maximum Gasteiger partial charge on any atom is 0.306 e. The predicted molar refractivity (Wildman–Crippen MR) is 48.1 cm³/mol. The van der Waals surface area contributed by atoms with Crippen LogP contribution >= 0.6 is 0 Å². The number of carbonyl (C=O) groups excluding carboxylic acids is 2. The summed E-state index contributed by atoms with van der Waals surface area (Å²) < 4.78 is 4.61. The molecular weight excluding hydrogens is 168 g/mol. The highest BCUT2D eigenvalue weighted by molar-refractivity contribution is 5.85. The van der Waals surface area contributed by atoms with Gasteiger partial charge in [-0.3, -0.25) is 9.59 Å². The lowest BCUT2D eigenvalue weighted by Crippen LogP contribution is -2.37. The lowest BCUT2D eigenvalue weighted by atomic mass is 9.65. The van der Waals surface area contributed by atoms with Crippen LogP contribution in [0.15, 0.2) is 0 Å². The lowest BCUT2D eigenvalue weighted by molar-refractivity contribution is -0.146. The van der Waals surface area contributed by atoms with Crippen LogP contribution in [-0.4, -0.2) is 18.9 Å². The van der Waals surface area contributed by atoms with Gasteiger partial charge in [0.15, 0.2) is 0 Å². The average molecular weight is 184 g/mol. The van der Waals surface area contributed by atoms with Crippen LogP contribution < -0.4 is 0 Å². The van der Waals surface area contributed by atoms with E-state index in [0.717, 1.165) is 0 Å². The van der Waals surface area contributed by atoms with Crippen LogP contribution in [0, 0.1) is 11.3 Å². The molecule has 0 aromatic heterocycles. The summed E-state index contributed by atoms with van der Waals surface area (Å²) in [6.07, 6.45) is 1.66. The molecule has 0 unspecified atom stereocenters. The van der Waals surface area contributed by atoms with Gasteiger partial charge in [0.2, 0.25) is 0 Å². The van der Waals surface area contributed by atoms with Gasteiger partial charge in [0.05, 0.1) is 13.5 Å². The van der Waals surface area contributed by atoms with Crippen molar-refractivity contribution in [1.82, 2.24) is 0 Å². The number of methoxy groups -OCH3 is 1. The number of ketones is 1. The van der Waals surface area contributed by atoms with Crippen molar-refractivity contribution >= 4 is 11.8 Å². The molecule has 3 heteroatoms. The number of hydrogen-bond acceptors (Lipinski definition) is 3. The lowest BCUT2D eigenvalue weighted by Gasteiger charge is -2.38. The first-order valence-electron chi connectivity index (χ1n) is 4.54. The Balaban J connectivity index is 2.46. The Bertz CT molecular complexity index is 222. The molecule has 13 heavy (non-hydrogen) atoms. The normalized spacial score (nSPS) is 18.2. The monoisotopic (exact) mass is 184 g/mol. The van der Waals surface area contributed by atoms with E-state index in [1.165, 1.54) is 7.11 Å². The van der Waals surface area contributed by atoms with Gasteiger partial charge in [0.1, 0.15) is 5.78 Å². The predicted octanol–water partition coefficient (Wildman–Crippen LogP) is 1.55. The number of ether oxygens (including phenoxy) is 1. The fourth-order valence-corrected chi connectivity index (χ4v) is 1.63. The zero-order valence-corrected chi connectivity index (χ0v) is 8.42. The molecule has 0 aromatic carbocycles. The van der Waals surface area contributed by atoms with Crippen molar-refractivity contribution in [3.63, 3.8) is 0 Å². The van der Waals surface area contributed by atoms with E-state index in [9.17, 15) is 9.59 Å². The summed E-state index contributed by atoms with van der Waals surface area (Å²) in [5.74, 6) is 0.478. The van der Waals surface area contributed by atoms with E-state index in [4.69, 9.17) is 0 Å². The van der Waals surface area contributed by atoms with Crippen molar-refractivity contribution in [3.8, 4) is 0 Å². The summed E-state index contributed by atoms with van der Waals surface area (Å²) in [5, 5.41) is 0. The molecule has 3 nitrogen and oxygen atoms in total. The van der Waals surface area contributed by atoms with Gasteiger partial charge in [-0.25, -0.2) is 0 Å². The Morgan fingerprint density at radius 1 is 1.54 bits per heavy atom. The standard InChI is InChI=1S/C10H16O3/c1-10(2,6-9(12)13-3)7-4-8(11)5-7/h7H,4-6H2,1-3H3. The minimum Gasteiger partial charge on any atom is -0.469 e. The first-order chi connectivity index (χ1) is 5.95. The van der Waals surface area contributed by atoms with Crippen molar-refractivity contribution in [2.75, 3.05) is 7.11 Å². The zero-order chi connectivity index (χ0) is 10.1. The summed E-state index contributed by atoms with van der Waals surface area (Å²) >= 11 is 0. The Labute approximate surface area is 78.5 Å². The van der Waals surface area contributed by atoms with Gasteiger partial charge >= 0.3 is 5.97 Å². The highest BCUT2D eigenvalue weighted by atomic mass is 16.5. The smallest absolute Gasteiger partial charge is 0.306 e. The van der Waals surface area contributed by atoms with Gasteiger partial charge in [0, 0.05) is 12.8 Å². The first-order valence-corrected chi connectivity index (χ1v) is 4.54. The number of carbonyl (C=O) groups is 2. The second-order valence-electron chi connectivity index (χ2n) is 4.39. The van der Waals surface area contributed by atoms with Gasteiger partial charge < -0.3 is 4.74 Å². The molecule has 0 bridgehead atoms. The molecule has 1 aliphatic carbocycles. The van der Waals surface area contributed by atoms with Gasteiger partial charge in [0.25, 0.3) is 0 Å². The molecule has 0 atom stereocenters. The van der Waals surface area contributed by atoms with Crippen molar-refractivity contribution in [1.29, 1.82) is 0 Å². The number of Topliss-reactive ketones (excluding diaryl/α,β-unsaturated/α-hetero) is 1. The Morgan fingerprint density at radius 2 is 2.08 bits per heavy atom. The minimum absolute atomic E-state index is 0.0962. The molecule has 1 saturated carbocycles. The Hall–Kier alpha value is -0.860. The maximum atomic E-state index is 11.0. The van der Waals surface area contributed by atoms with E-state index in [2.05, 4.69) is 4.74 Å². The highest BCUT2D eigenvalue weighted by Gasteiger charge is 2.40. The van der Waals surface area contributed by atoms with Gasteiger partial charge in [-0.15, -0.1) is 0 Å². The van der Waals surface area contributed by atoms with E-state index in [1.807, 2.05) is 13.8 Å². The molecule has 0 amide bonds. The molecule has 1 rings (SSSR count). The first kappa shape index (κ1) is 10.2.